The van der Waals surface area contributed by atoms with Gasteiger partial charge in [-0.1, -0.05) is 29.8 Å². The Kier molecular flexibility index (Phi) is 8.74. The number of halogens is 2. The summed E-state index contributed by atoms with van der Waals surface area (Å²) in [5, 5.41) is 3.54. The van der Waals surface area contributed by atoms with Gasteiger partial charge in [-0.3, -0.25) is 0 Å². The van der Waals surface area contributed by atoms with E-state index in [1.165, 1.54) is 9.13 Å². The van der Waals surface area contributed by atoms with Crippen LogP contribution in [0.25, 0.3) is 0 Å². The highest BCUT2D eigenvalue weighted by Crippen LogP contribution is 2.27. The average Bonchev–Trinajstić information content (AvgIpc) is 2.45. The summed E-state index contributed by atoms with van der Waals surface area (Å²) in [6.45, 7) is 4.78. The molecule has 0 radical (unpaired) electrons. The van der Waals surface area contributed by atoms with E-state index in [2.05, 4.69) is 62.9 Å². The molecule has 0 amide bonds. The minimum absolute atomic E-state index is 0.210. The molecular weight excluding hydrogens is 465 g/mol. The van der Waals surface area contributed by atoms with Crippen molar-refractivity contribution in [3.8, 4) is 0 Å². The van der Waals surface area contributed by atoms with Crippen LogP contribution in [-0.4, -0.2) is 26.5 Å². The first-order chi connectivity index (χ1) is 9.89. The second-order valence-electron chi connectivity index (χ2n) is 5.05. The molecule has 1 N–H and O–H groups in total. The van der Waals surface area contributed by atoms with Crippen molar-refractivity contribution in [1.29, 1.82) is 0 Å². The van der Waals surface area contributed by atoms with E-state index < -0.39 is 9.84 Å². The molecule has 1 atom stereocenters. The van der Waals surface area contributed by atoms with Crippen molar-refractivity contribution in [3.05, 3.63) is 31.8 Å². The minimum atomic E-state index is -2.88. The zero-order valence-corrected chi connectivity index (χ0v) is 17.1. The molecule has 3 nitrogen and oxygen atoms in total. The van der Waals surface area contributed by atoms with E-state index >= 15 is 0 Å². The van der Waals surface area contributed by atoms with Crippen molar-refractivity contribution >= 4 is 48.4 Å². The van der Waals surface area contributed by atoms with Gasteiger partial charge in [-0.25, -0.2) is 8.42 Å². The third-order valence-electron chi connectivity index (χ3n) is 3.36. The lowest BCUT2D eigenvalue weighted by Crippen LogP contribution is -2.24. The highest BCUT2D eigenvalue weighted by atomic mass is 127. The van der Waals surface area contributed by atoms with Crippen LogP contribution in [0.4, 0.5) is 0 Å². The second-order valence-corrected chi connectivity index (χ2v) is 9.60. The summed E-state index contributed by atoms with van der Waals surface area (Å²) in [5.74, 6) is 0.507. The van der Waals surface area contributed by atoms with E-state index in [4.69, 9.17) is 0 Å². The molecule has 0 saturated heterocycles. The van der Waals surface area contributed by atoms with Gasteiger partial charge in [0.1, 0.15) is 9.84 Å². The van der Waals surface area contributed by atoms with Crippen LogP contribution in [0.2, 0.25) is 0 Å². The maximum atomic E-state index is 11.6. The molecule has 1 rings (SSSR count). The number of benzene rings is 1. The van der Waals surface area contributed by atoms with Crippen LogP contribution in [0, 0.1) is 3.57 Å². The van der Waals surface area contributed by atoms with Gasteiger partial charge in [0.15, 0.2) is 0 Å². The molecule has 1 aromatic rings. The standard InChI is InChI=1S/C15H23BrINO2S/c1-3-9-18-15(6-5-10-21(19,20)4-2)13-11-12(16)7-8-14(13)17/h7-8,11,15,18H,3-6,9-10H2,1-2H3. The third kappa shape index (κ3) is 6.97. The largest absolute Gasteiger partial charge is 0.310 e. The fourth-order valence-corrected chi connectivity index (χ4v) is 4.10. The first-order valence-electron chi connectivity index (χ1n) is 7.28. The summed E-state index contributed by atoms with van der Waals surface area (Å²) in [7, 11) is -2.88. The highest BCUT2D eigenvalue weighted by molar-refractivity contribution is 14.1. The fourth-order valence-electron chi connectivity index (χ4n) is 2.12. The smallest absolute Gasteiger partial charge is 0.150 e. The Hall–Kier alpha value is 0.340. The lowest BCUT2D eigenvalue weighted by molar-refractivity contribution is 0.490. The normalized spacial score (nSPS) is 13.3. The molecule has 0 bridgehead atoms. The van der Waals surface area contributed by atoms with E-state index in [9.17, 15) is 8.42 Å². The molecule has 1 unspecified atom stereocenters. The van der Waals surface area contributed by atoms with Gasteiger partial charge < -0.3 is 5.32 Å². The lowest BCUT2D eigenvalue weighted by Gasteiger charge is -2.20. The van der Waals surface area contributed by atoms with E-state index in [1.54, 1.807) is 6.92 Å². The Bertz CT molecular complexity index is 549. The van der Waals surface area contributed by atoms with Crippen molar-refractivity contribution in [2.75, 3.05) is 18.1 Å². The zero-order valence-electron chi connectivity index (χ0n) is 12.5. The molecule has 0 spiro atoms. The highest BCUT2D eigenvalue weighted by Gasteiger charge is 2.16. The molecule has 0 heterocycles. The monoisotopic (exact) mass is 487 g/mol. The maximum Gasteiger partial charge on any atom is 0.150 e. The summed E-state index contributed by atoms with van der Waals surface area (Å²) in [4.78, 5) is 0. The second kappa shape index (κ2) is 9.47. The maximum absolute atomic E-state index is 11.6. The Balaban J connectivity index is 2.78. The molecule has 21 heavy (non-hydrogen) atoms. The van der Waals surface area contributed by atoms with Gasteiger partial charge in [-0.05, 0) is 72.2 Å². The molecular formula is C15H23BrINO2S. The number of nitrogens with one attached hydrogen (secondary N) is 1. The topological polar surface area (TPSA) is 46.2 Å². The molecule has 0 aromatic heterocycles. The van der Waals surface area contributed by atoms with Crippen molar-refractivity contribution in [2.45, 2.75) is 39.2 Å². The van der Waals surface area contributed by atoms with Gasteiger partial charge in [0, 0.05) is 19.8 Å². The summed E-state index contributed by atoms with van der Waals surface area (Å²) >= 11 is 5.86. The van der Waals surface area contributed by atoms with Gasteiger partial charge in [0.2, 0.25) is 0 Å². The minimum Gasteiger partial charge on any atom is -0.310 e. The van der Waals surface area contributed by atoms with Crippen LogP contribution in [0.1, 0.15) is 44.7 Å². The van der Waals surface area contributed by atoms with Gasteiger partial charge >= 0.3 is 0 Å². The average molecular weight is 488 g/mol. The van der Waals surface area contributed by atoms with E-state index in [-0.39, 0.29) is 17.5 Å². The first kappa shape index (κ1) is 19.4. The van der Waals surface area contributed by atoms with Gasteiger partial charge in [-0.15, -0.1) is 0 Å². The Morgan fingerprint density at radius 3 is 2.67 bits per heavy atom. The van der Waals surface area contributed by atoms with Gasteiger partial charge in [-0.2, -0.15) is 0 Å². The molecule has 0 fully saturated rings. The number of hydrogen-bond donors (Lipinski definition) is 1. The van der Waals surface area contributed by atoms with Gasteiger partial charge in [0.25, 0.3) is 0 Å². The predicted octanol–water partition coefficient (Wildman–Crippen LogP) is 4.31. The molecule has 0 saturated carbocycles. The zero-order chi connectivity index (χ0) is 15.9. The molecule has 0 aliphatic heterocycles. The number of rotatable bonds is 9. The SMILES string of the molecule is CCCNC(CCCS(=O)(=O)CC)c1cc(Br)ccc1I. The van der Waals surface area contributed by atoms with Crippen LogP contribution in [0.15, 0.2) is 22.7 Å². The van der Waals surface area contributed by atoms with Crippen molar-refractivity contribution < 1.29 is 8.42 Å². The van der Waals surface area contributed by atoms with E-state index in [1.807, 2.05) is 6.07 Å². The lowest BCUT2D eigenvalue weighted by atomic mass is 10.0. The van der Waals surface area contributed by atoms with Crippen molar-refractivity contribution in [1.82, 2.24) is 5.32 Å². The third-order valence-corrected chi connectivity index (χ3v) is 6.63. The van der Waals surface area contributed by atoms with Crippen LogP contribution < -0.4 is 5.32 Å². The summed E-state index contributed by atoms with van der Waals surface area (Å²) in [6.07, 6.45) is 2.60. The van der Waals surface area contributed by atoms with Crippen LogP contribution in [-0.2, 0) is 9.84 Å². The van der Waals surface area contributed by atoms with Gasteiger partial charge in [0.05, 0.1) is 5.75 Å². The Labute approximate surface area is 150 Å². The number of hydrogen-bond acceptors (Lipinski definition) is 3. The Morgan fingerprint density at radius 1 is 1.33 bits per heavy atom. The van der Waals surface area contributed by atoms with Crippen LogP contribution in [0.3, 0.4) is 0 Å². The van der Waals surface area contributed by atoms with E-state index in [0.29, 0.717) is 6.42 Å². The quantitative estimate of drug-likeness (QED) is 0.528. The summed E-state index contributed by atoms with van der Waals surface area (Å²) < 4.78 is 25.5. The summed E-state index contributed by atoms with van der Waals surface area (Å²) in [6, 6.07) is 6.46. The van der Waals surface area contributed by atoms with Crippen molar-refractivity contribution in [3.63, 3.8) is 0 Å². The first-order valence-corrected chi connectivity index (χ1v) is 11.0. The van der Waals surface area contributed by atoms with Crippen LogP contribution >= 0.6 is 38.5 Å². The molecule has 0 aliphatic rings. The molecule has 0 aliphatic carbocycles. The molecule has 6 heteroatoms. The fraction of sp³-hybridized carbons (Fsp3) is 0.600. The predicted molar refractivity (Wildman–Crippen MR) is 101 cm³/mol. The van der Waals surface area contributed by atoms with Crippen LogP contribution in [0.5, 0.6) is 0 Å². The Morgan fingerprint density at radius 2 is 2.05 bits per heavy atom. The molecule has 120 valence electrons. The number of sulfone groups is 1. The van der Waals surface area contributed by atoms with Crippen molar-refractivity contribution in [2.24, 2.45) is 0 Å². The van der Waals surface area contributed by atoms with E-state index in [0.717, 1.165) is 23.9 Å². The molecule has 1 aromatic carbocycles. The summed E-state index contributed by atoms with van der Waals surface area (Å²) in [5.41, 5.74) is 1.24.